The zero-order valence-electron chi connectivity index (χ0n) is 11.9. The number of phenolic OH excluding ortho intramolecular Hbond substituents is 2. The van der Waals surface area contributed by atoms with E-state index < -0.39 is 0 Å². The van der Waals surface area contributed by atoms with Gasteiger partial charge >= 0.3 is 0 Å². The molecule has 2 unspecified atom stereocenters. The predicted molar refractivity (Wildman–Crippen MR) is 81.6 cm³/mol. The van der Waals surface area contributed by atoms with Crippen LogP contribution in [0.2, 0.25) is 0 Å². The van der Waals surface area contributed by atoms with Crippen molar-refractivity contribution in [2.75, 3.05) is 13.1 Å². The molecule has 0 aromatic heterocycles. The van der Waals surface area contributed by atoms with E-state index in [0.717, 1.165) is 18.7 Å². The first-order chi connectivity index (χ1) is 10.2. The number of rotatable bonds is 1. The van der Waals surface area contributed by atoms with Crippen molar-refractivity contribution in [1.29, 1.82) is 0 Å². The van der Waals surface area contributed by atoms with Gasteiger partial charge in [-0.1, -0.05) is 30.3 Å². The van der Waals surface area contributed by atoms with Crippen LogP contribution in [0.5, 0.6) is 11.5 Å². The Morgan fingerprint density at radius 2 is 1.76 bits per heavy atom. The lowest BCUT2D eigenvalue weighted by atomic mass is 9.81. The molecule has 2 aliphatic heterocycles. The monoisotopic (exact) mass is 281 g/mol. The van der Waals surface area contributed by atoms with Gasteiger partial charge in [0, 0.05) is 18.5 Å². The summed E-state index contributed by atoms with van der Waals surface area (Å²) >= 11 is 0. The van der Waals surface area contributed by atoms with Crippen molar-refractivity contribution in [2.24, 2.45) is 0 Å². The summed E-state index contributed by atoms with van der Waals surface area (Å²) in [7, 11) is 0. The van der Waals surface area contributed by atoms with Crippen LogP contribution in [-0.4, -0.2) is 28.2 Å². The summed E-state index contributed by atoms with van der Waals surface area (Å²) in [5, 5.41) is 19.3. The summed E-state index contributed by atoms with van der Waals surface area (Å²) in [5.74, 6) is 0.178. The molecule has 4 rings (SSSR count). The van der Waals surface area contributed by atoms with Crippen molar-refractivity contribution >= 4 is 0 Å². The molecule has 21 heavy (non-hydrogen) atoms. The number of hydrogen-bond donors (Lipinski definition) is 2. The Hall–Kier alpha value is -2.00. The molecule has 108 valence electrons. The topological polar surface area (TPSA) is 43.7 Å². The van der Waals surface area contributed by atoms with E-state index in [9.17, 15) is 10.2 Å². The second-order valence-electron chi connectivity index (χ2n) is 6.08. The maximum absolute atomic E-state index is 9.80. The highest BCUT2D eigenvalue weighted by atomic mass is 16.3. The van der Waals surface area contributed by atoms with E-state index in [1.54, 1.807) is 12.1 Å². The minimum Gasteiger partial charge on any atom is -0.504 e. The van der Waals surface area contributed by atoms with Crippen molar-refractivity contribution in [1.82, 2.24) is 4.90 Å². The highest BCUT2D eigenvalue weighted by molar-refractivity contribution is 5.47. The van der Waals surface area contributed by atoms with Gasteiger partial charge in [-0.2, -0.15) is 0 Å². The molecule has 2 heterocycles. The second-order valence-corrected chi connectivity index (χ2v) is 6.08. The highest BCUT2D eigenvalue weighted by Crippen LogP contribution is 2.44. The second kappa shape index (κ2) is 4.78. The Kier molecular flexibility index (Phi) is 2.89. The summed E-state index contributed by atoms with van der Waals surface area (Å²) in [6.45, 7) is 2.14. The smallest absolute Gasteiger partial charge is 0.157 e. The normalized spacial score (nSPS) is 24.6. The van der Waals surface area contributed by atoms with Crippen molar-refractivity contribution in [3.63, 3.8) is 0 Å². The molecule has 3 nitrogen and oxygen atoms in total. The van der Waals surface area contributed by atoms with Gasteiger partial charge in [-0.15, -0.1) is 0 Å². The molecular formula is C18H19NO2. The molecule has 2 atom stereocenters. The first-order valence-corrected chi connectivity index (χ1v) is 7.59. The minimum atomic E-state index is -0.0538. The van der Waals surface area contributed by atoms with Gasteiger partial charge in [0.2, 0.25) is 0 Å². The summed E-state index contributed by atoms with van der Waals surface area (Å²) in [6.07, 6.45) is 2.50. The van der Waals surface area contributed by atoms with E-state index in [0.29, 0.717) is 6.04 Å². The predicted octanol–water partition coefficient (Wildman–Crippen LogP) is 3.38. The van der Waals surface area contributed by atoms with Crippen LogP contribution in [0.4, 0.5) is 0 Å². The largest absolute Gasteiger partial charge is 0.504 e. The third kappa shape index (κ3) is 2.00. The molecule has 2 aromatic rings. The zero-order chi connectivity index (χ0) is 14.4. The van der Waals surface area contributed by atoms with Gasteiger partial charge in [0.05, 0.1) is 0 Å². The molecule has 2 aliphatic rings. The molecule has 3 heteroatoms. The van der Waals surface area contributed by atoms with Crippen LogP contribution in [0.25, 0.3) is 0 Å². The number of benzene rings is 2. The first kappa shape index (κ1) is 12.7. The van der Waals surface area contributed by atoms with Crippen molar-refractivity contribution in [2.45, 2.75) is 24.8 Å². The number of nitrogens with zero attached hydrogens (tertiary/aromatic N) is 1. The van der Waals surface area contributed by atoms with Crippen molar-refractivity contribution < 1.29 is 10.2 Å². The maximum Gasteiger partial charge on any atom is 0.157 e. The number of aromatic hydroxyl groups is 2. The fourth-order valence-corrected chi connectivity index (χ4v) is 3.90. The quantitative estimate of drug-likeness (QED) is 0.788. The third-order valence-electron chi connectivity index (χ3n) is 4.91. The number of hydrogen-bond acceptors (Lipinski definition) is 3. The maximum atomic E-state index is 9.80. The zero-order valence-corrected chi connectivity index (χ0v) is 11.9. The molecule has 0 aliphatic carbocycles. The lowest BCUT2D eigenvalue weighted by molar-refractivity contribution is 0.230. The van der Waals surface area contributed by atoms with Crippen LogP contribution in [-0.2, 0) is 0 Å². The van der Waals surface area contributed by atoms with E-state index in [1.165, 1.54) is 24.0 Å². The fourth-order valence-electron chi connectivity index (χ4n) is 3.90. The van der Waals surface area contributed by atoms with E-state index in [2.05, 4.69) is 29.2 Å². The van der Waals surface area contributed by atoms with Gasteiger partial charge in [0.25, 0.3) is 0 Å². The van der Waals surface area contributed by atoms with Gasteiger partial charge in [0.1, 0.15) is 0 Å². The number of fused-ring (bicyclic) bond motifs is 3. The Morgan fingerprint density at radius 3 is 2.57 bits per heavy atom. The number of phenols is 2. The Morgan fingerprint density at radius 1 is 0.952 bits per heavy atom. The SMILES string of the molecule is Oc1ccc(C2CN3CCCC3c3ccccc32)cc1O. The molecule has 2 N–H and O–H groups in total. The van der Waals surface area contributed by atoms with Gasteiger partial charge in [0.15, 0.2) is 11.5 Å². The molecule has 2 aromatic carbocycles. The standard InChI is InChI=1S/C18H19NO2/c20-17-8-7-12(10-18(17)21)15-11-19-9-3-6-16(19)14-5-2-1-4-13(14)15/h1-2,4-5,7-8,10,15-16,20-21H,3,6,9,11H2. The van der Waals surface area contributed by atoms with E-state index in [-0.39, 0.29) is 17.4 Å². The summed E-state index contributed by atoms with van der Waals surface area (Å²) in [6, 6.07) is 14.4. The summed E-state index contributed by atoms with van der Waals surface area (Å²) in [4.78, 5) is 2.55. The Labute approximate surface area is 124 Å². The Balaban J connectivity index is 1.82. The lowest BCUT2D eigenvalue weighted by Gasteiger charge is -2.37. The van der Waals surface area contributed by atoms with Crippen molar-refractivity contribution in [3.05, 3.63) is 59.2 Å². The van der Waals surface area contributed by atoms with E-state index >= 15 is 0 Å². The molecule has 1 saturated heterocycles. The Bertz CT molecular complexity index is 683. The first-order valence-electron chi connectivity index (χ1n) is 7.59. The summed E-state index contributed by atoms with van der Waals surface area (Å²) in [5.41, 5.74) is 3.87. The fraction of sp³-hybridized carbons (Fsp3) is 0.333. The van der Waals surface area contributed by atoms with Gasteiger partial charge in [-0.25, -0.2) is 0 Å². The molecule has 0 saturated carbocycles. The van der Waals surface area contributed by atoms with Crippen LogP contribution >= 0.6 is 0 Å². The van der Waals surface area contributed by atoms with E-state index in [4.69, 9.17) is 0 Å². The van der Waals surface area contributed by atoms with Crippen LogP contribution in [0.1, 0.15) is 41.5 Å². The van der Waals surface area contributed by atoms with Crippen molar-refractivity contribution in [3.8, 4) is 11.5 Å². The average Bonchev–Trinajstić information content (AvgIpc) is 2.98. The lowest BCUT2D eigenvalue weighted by Crippen LogP contribution is -2.34. The molecule has 0 radical (unpaired) electrons. The molecule has 0 bridgehead atoms. The van der Waals surface area contributed by atoms with Gasteiger partial charge < -0.3 is 10.2 Å². The molecular weight excluding hydrogens is 262 g/mol. The summed E-state index contributed by atoms with van der Waals surface area (Å²) < 4.78 is 0. The van der Waals surface area contributed by atoms with Gasteiger partial charge in [-0.05, 0) is 48.2 Å². The minimum absolute atomic E-state index is 0.0338. The molecule has 0 spiro atoms. The van der Waals surface area contributed by atoms with Crippen LogP contribution in [0.15, 0.2) is 42.5 Å². The van der Waals surface area contributed by atoms with Crippen LogP contribution in [0.3, 0.4) is 0 Å². The van der Waals surface area contributed by atoms with E-state index in [1.807, 2.05) is 6.07 Å². The van der Waals surface area contributed by atoms with Crippen LogP contribution in [0, 0.1) is 0 Å². The molecule has 1 fully saturated rings. The van der Waals surface area contributed by atoms with Gasteiger partial charge in [-0.3, -0.25) is 4.90 Å². The average molecular weight is 281 g/mol. The highest BCUT2D eigenvalue weighted by Gasteiger charge is 2.36. The van der Waals surface area contributed by atoms with Crippen LogP contribution < -0.4 is 0 Å². The molecule has 0 amide bonds. The third-order valence-corrected chi connectivity index (χ3v) is 4.91.